The van der Waals surface area contributed by atoms with Gasteiger partial charge in [0, 0.05) is 37.0 Å². The van der Waals surface area contributed by atoms with Crippen LogP contribution in [0, 0.1) is 6.92 Å². The highest BCUT2D eigenvalue weighted by atomic mass is 15.0. The van der Waals surface area contributed by atoms with Gasteiger partial charge < -0.3 is 5.32 Å². The first-order chi connectivity index (χ1) is 9.24. The zero-order valence-corrected chi connectivity index (χ0v) is 11.8. The number of nitrogens with one attached hydrogen (secondary N) is 1. The molecule has 0 atom stereocenters. The molecule has 2 aromatic heterocycles. The average molecular weight is 256 g/mol. The van der Waals surface area contributed by atoms with Gasteiger partial charge in [0.05, 0.1) is 5.69 Å². The molecule has 0 aliphatic heterocycles. The Bertz CT molecular complexity index is 552. The van der Waals surface area contributed by atoms with E-state index in [4.69, 9.17) is 0 Å². The van der Waals surface area contributed by atoms with Crippen LogP contribution in [0.4, 0.5) is 5.82 Å². The number of rotatable bonds is 5. The van der Waals surface area contributed by atoms with Gasteiger partial charge >= 0.3 is 0 Å². The molecule has 0 aliphatic rings. The third-order valence-electron chi connectivity index (χ3n) is 2.96. The van der Waals surface area contributed by atoms with Crippen molar-refractivity contribution < 1.29 is 0 Å². The van der Waals surface area contributed by atoms with Crippen molar-refractivity contribution in [1.82, 2.24) is 15.0 Å². The summed E-state index contributed by atoms with van der Waals surface area (Å²) in [6, 6.07) is 4.00. The highest BCUT2D eigenvalue weighted by Crippen LogP contribution is 2.22. The number of hydrogen-bond donors (Lipinski definition) is 1. The molecule has 4 heteroatoms. The van der Waals surface area contributed by atoms with Crippen molar-refractivity contribution in [3.05, 3.63) is 35.9 Å². The standard InChI is InChI=1S/C15H20N4/c1-4-7-17-15-9-13(18-14(5-2)19-15)12-10-16-8-6-11(12)3/h6,8-10H,4-5,7H2,1-3H3,(H,17,18,19). The Kier molecular flexibility index (Phi) is 4.44. The van der Waals surface area contributed by atoms with Crippen molar-refractivity contribution in [2.75, 3.05) is 11.9 Å². The van der Waals surface area contributed by atoms with E-state index in [-0.39, 0.29) is 0 Å². The molecule has 2 heterocycles. The van der Waals surface area contributed by atoms with Crippen LogP contribution in [-0.4, -0.2) is 21.5 Å². The van der Waals surface area contributed by atoms with Crippen LogP contribution in [0.2, 0.25) is 0 Å². The van der Waals surface area contributed by atoms with Gasteiger partial charge in [-0.2, -0.15) is 0 Å². The predicted molar refractivity (Wildman–Crippen MR) is 78.2 cm³/mol. The van der Waals surface area contributed by atoms with Crippen molar-refractivity contribution in [2.24, 2.45) is 0 Å². The summed E-state index contributed by atoms with van der Waals surface area (Å²) >= 11 is 0. The van der Waals surface area contributed by atoms with E-state index in [0.29, 0.717) is 0 Å². The molecule has 0 saturated carbocycles. The number of aromatic nitrogens is 3. The third-order valence-corrected chi connectivity index (χ3v) is 2.96. The maximum Gasteiger partial charge on any atom is 0.131 e. The largest absolute Gasteiger partial charge is 0.370 e. The summed E-state index contributed by atoms with van der Waals surface area (Å²) in [5.41, 5.74) is 3.19. The van der Waals surface area contributed by atoms with Crippen LogP contribution in [0.5, 0.6) is 0 Å². The zero-order valence-electron chi connectivity index (χ0n) is 11.8. The van der Waals surface area contributed by atoms with E-state index in [1.807, 2.05) is 18.3 Å². The molecule has 0 saturated heterocycles. The van der Waals surface area contributed by atoms with Crippen LogP contribution in [-0.2, 0) is 6.42 Å². The van der Waals surface area contributed by atoms with E-state index >= 15 is 0 Å². The fraction of sp³-hybridized carbons (Fsp3) is 0.400. The van der Waals surface area contributed by atoms with Gasteiger partial charge in [-0.3, -0.25) is 4.98 Å². The first kappa shape index (κ1) is 13.5. The minimum absolute atomic E-state index is 0.827. The molecule has 0 aromatic carbocycles. The first-order valence-corrected chi connectivity index (χ1v) is 6.77. The molecule has 100 valence electrons. The third kappa shape index (κ3) is 3.28. The number of anilines is 1. The lowest BCUT2D eigenvalue weighted by Gasteiger charge is -2.10. The van der Waals surface area contributed by atoms with Crippen LogP contribution in [0.15, 0.2) is 24.5 Å². The fourth-order valence-corrected chi connectivity index (χ4v) is 1.87. The van der Waals surface area contributed by atoms with Crippen molar-refractivity contribution >= 4 is 5.82 Å². The maximum atomic E-state index is 4.60. The molecular formula is C15H20N4. The molecule has 0 radical (unpaired) electrons. The van der Waals surface area contributed by atoms with Crippen molar-refractivity contribution in [3.8, 4) is 11.3 Å². The normalized spacial score (nSPS) is 10.5. The SMILES string of the molecule is CCCNc1cc(-c2cnccc2C)nc(CC)n1. The highest BCUT2D eigenvalue weighted by Gasteiger charge is 2.07. The summed E-state index contributed by atoms with van der Waals surface area (Å²) < 4.78 is 0. The van der Waals surface area contributed by atoms with Crippen molar-refractivity contribution in [1.29, 1.82) is 0 Å². The molecule has 0 bridgehead atoms. The number of nitrogens with zero attached hydrogens (tertiary/aromatic N) is 3. The Hall–Kier alpha value is -1.97. The van der Waals surface area contributed by atoms with E-state index in [9.17, 15) is 0 Å². The quantitative estimate of drug-likeness (QED) is 0.892. The van der Waals surface area contributed by atoms with E-state index in [1.165, 1.54) is 5.56 Å². The van der Waals surface area contributed by atoms with Gasteiger partial charge in [0.15, 0.2) is 0 Å². The summed E-state index contributed by atoms with van der Waals surface area (Å²) in [7, 11) is 0. The van der Waals surface area contributed by atoms with Crippen molar-refractivity contribution in [2.45, 2.75) is 33.6 Å². The Morgan fingerprint density at radius 3 is 2.74 bits per heavy atom. The van der Waals surface area contributed by atoms with Gasteiger partial charge in [0.1, 0.15) is 11.6 Å². The van der Waals surface area contributed by atoms with Crippen LogP contribution >= 0.6 is 0 Å². The minimum Gasteiger partial charge on any atom is -0.370 e. The molecule has 2 aromatic rings. The predicted octanol–water partition coefficient (Wildman–Crippen LogP) is 3.23. The highest BCUT2D eigenvalue weighted by molar-refractivity contribution is 5.65. The summed E-state index contributed by atoms with van der Waals surface area (Å²) in [5.74, 6) is 1.76. The summed E-state index contributed by atoms with van der Waals surface area (Å²) in [6.45, 7) is 7.20. The van der Waals surface area contributed by atoms with E-state index in [0.717, 1.165) is 42.3 Å². The van der Waals surface area contributed by atoms with Crippen LogP contribution in [0.1, 0.15) is 31.7 Å². The minimum atomic E-state index is 0.827. The number of pyridine rings is 1. The first-order valence-electron chi connectivity index (χ1n) is 6.77. The van der Waals surface area contributed by atoms with Gasteiger partial charge in [0.25, 0.3) is 0 Å². The van der Waals surface area contributed by atoms with Crippen LogP contribution in [0.3, 0.4) is 0 Å². The second-order valence-electron chi connectivity index (χ2n) is 4.53. The van der Waals surface area contributed by atoms with E-state index < -0.39 is 0 Å². The Morgan fingerprint density at radius 1 is 1.21 bits per heavy atom. The average Bonchev–Trinajstić information content (AvgIpc) is 2.45. The molecule has 4 nitrogen and oxygen atoms in total. The van der Waals surface area contributed by atoms with Crippen LogP contribution < -0.4 is 5.32 Å². The van der Waals surface area contributed by atoms with E-state index in [1.54, 1.807) is 6.20 Å². The van der Waals surface area contributed by atoms with Gasteiger partial charge in [0.2, 0.25) is 0 Å². The summed E-state index contributed by atoms with van der Waals surface area (Å²) in [6.07, 6.45) is 5.57. The van der Waals surface area contributed by atoms with Gasteiger partial charge in [-0.25, -0.2) is 9.97 Å². The Labute approximate surface area is 114 Å². The van der Waals surface area contributed by atoms with E-state index in [2.05, 4.69) is 41.0 Å². The fourth-order valence-electron chi connectivity index (χ4n) is 1.87. The monoisotopic (exact) mass is 256 g/mol. The molecule has 2 rings (SSSR count). The Morgan fingerprint density at radius 2 is 2.05 bits per heavy atom. The molecule has 0 unspecified atom stereocenters. The molecule has 0 aliphatic carbocycles. The lowest BCUT2D eigenvalue weighted by molar-refractivity contribution is 0.919. The van der Waals surface area contributed by atoms with Gasteiger partial charge in [-0.15, -0.1) is 0 Å². The maximum absolute atomic E-state index is 4.60. The summed E-state index contributed by atoms with van der Waals surface area (Å²) in [5, 5.41) is 3.33. The van der Waals surface area contributed by atoms with Crippen LogP contribution in [0.25, 0.3) is 11.3 Å². The zero-order chi connectivity index (χ0) is 13.7. The molecular weight excluding hydrogens is 236 g/mol. The summed E-state index contributed by atoms with van der Waals surface area (Å²) in [4.78, 5) is 13.3. The van der Waals surface area contributed by atoms with Gasteiger partial charge in [-0.1, -0.05) is 13.8 Å². The molecule has 0 amide bonds. The van der Waals surface area contributed by atoms with Crippen molar-refractivity contribution in [3.63, 3.8) is 0 Å². The second-order valence-corrected chi connectivity index (χ2v) is 4.53. The number of hydrogen-bond acceptors (Lipinski definition) is 4. The lowest BCUT2D eigenvalue weighted by Crippen LogP contribution is -2.06. The lowest BCUT2D eigenvalue weighted by atomic mass is 10.1. The molecule has 0 fully saturated rings. The number of aryl methyl sites for hydroxylation is 2. The topological polar surface area (TPSA) is 50.7 Å². The smallest absolute Gasteiger partial charge is 0.131 e. The Balaban J connectivity index is 2.42. The second kappa shape index (κ2) is 6.27. The molecule has 0 spiro atoms. The van der Waals surface area contributed by atoms with Gasteiger partial charge in [-0.05, 0) is 25.0 Å². The molecule has 1 N–H and O–H groups in total. The molecule has 19 heavy (non-hydrogen) atoms.